The molecular formula is C12H20F3N3O2. The standard InChI is InChI=1S/C12H20F3N3O2/c1-10-11(7-16-3-5-19-2)8-17-18(10)4-6-20-9-12(13,14)15/h8,16H,3-7,9H2,1-2H3. The molecule has 0 aliphatic heterocycles. The number of ether oxygens (including phenoxy) is 2. The number of hydrogen-bond donors (Lipinski definition) is 1. The zero-order chi connectivity index (χ0) is 15.0. The van der Waals surface area contributed by atoms with Crippen LogP contribution in [0, 0.1) is 6.92 Å². The monoisotopic (exact) mass is 295 g/mol. The van der Waals surface area contributed by atoms with Gasteiger partial charge in [-0.1, -0.05) is 0 Å². The molecule has 0 saturated heterocycles. The van der Waals surface area contributed by atoms with E-state index in [0.717, 1.165) is 17.8 Å². The molecule has 0 bridgehead atoms. The van der Waals surface area contributed by atoms with Crippen molar-refractivity contribution in [2.45, 2.75) is 26.2 Å². The van der Waals surface area contributed by atoms with Crippen molar-refractivity contribution < 1.29 is 22.6 Å². The normalized spacial score (nSPS) is 12.1. The molecule has 8 heteroatoms. The molecule has 1 rings (SSSR count). The lowest BCUT2D eigenvalue weighted by atomic mass is 10.2. The van der Waals surface area contributed by atoms with Crippen LogP contribution in [0.25, 0.3) is 0 Å². The van der Waals surface area contributed by atoms with E-state index < -0.39 is 12.8 Å². The van der Waals surface area contributed by atoms with Crippen LogP contribution in [0.3, 0.4) is 0 Å². The Bertz CT molecular complexity index is 394. The molecule has 1 aromatic heterocycles. The fraction of sp³-hybridized carbons (Fsp3) is 0.750. The minimum Gasteiger partial charge on any atom is -0.383 e. The summed E-state index contributed by atoms with van der Waals surface area (Å²) < 4.78 is 46.8. The molecule has 5 nitrogen and oxygen atoms in total. The molecule has 1 N–H and O–H groups in total. The average Bonchev–Trinajstić information content (AvgIpc) is 2.71. The molecule has 0 radical (unpaired) electrons. The second-order valence-electron chi connectivity index (χ2n) is 4.32. The lowest BCUT2D eigenvalue weighted by Gasteiger charge is -2.09. The van der Waals surface area contributed by atoms with Crippen molar-refractivity contribution in [1.29, 1.82) is 0 Å². The maximum atomic E-state index is 11.9. The lowest BCUT2D eigenvalue weighted by Crippen LogP contribution is -2.20. The molecule has 1 aromatic rings. The summed E-state index contributed by atoms with van der Waals surface area (Å²) in [7, 11) is 1.63. The number of rotatable bonds is 9. The van der Waals surface area contributed by atoms with Gasteiger partial charge in [0.1, 0.15) is 6.61 Å². The van der Waals surface area contributed by atoms with Crippen molar-refractivity contribution in [2.75, 3.05) is 33.5 Å². The topological polar surface area (TPSA) is 48.3 Å². The van der Waals surface area contributed by atoms with Gasteiger partial charge in [0.05, 0.1) is 26.0 Å². The number of aromatic nitrogens is 2. The van der Waals surface area contributed by atoms with Crippen molar-refractivity contribution in [2.24, 2.45) is 0 Å². The van der Waals surface area contributed by atoms with Gasteiger partial charge in [-0.2, -0.15) is 18.3 Å². The number of alkyl halides is 3. The van der Waals surface area contributed by atoms with Crippen LogP contribution in [0.1, 0.15) is 11.3 Å². The predicted octanol–water partition coefficient (Wildman–Crippen LogP) is 1.51. The Kier molecular flexibility index (Phi) is 6.97. The van der Waals surface area contributed by atoms with E-state index in [2.05, 4.69) is 15.2 Å². The lowest BCUT2D eigenvalue weighted by molar-refractivity contribution is -0.174. The third kappa shape index (κ3) is 6.36. The number of halogens is 3. The van der Waals surface area contributed by atoms with E-state index in [4.69, 9.17) is 4.74 Å². The summed E-state index contributed by atoms with van der Waals surface area (Å²) >= 11 is 0. The van der Waals surface area contributed by atoms with E-state index >= 15 is 0 Å². The quantitative estimate of drug-likeness (QED) is 0.702. The van der Waals surface area contributed by atoms with Crippen molar-refractivity contribution in [3.63, 3.8) is 0 Å². The van der Waals surface area contributed by atoms with Crippen LogP contribution in [0.5, 0.6) is 0 Å². The highest BCUT2D eigenvalue weighted by molar-refractivity contribution is 5.15. The van der Waals surface area contributed by atoms with Crippen LogP contribution in [0.15, 0.2) is 6.20 Å². The second kappa shape index (κ2) is 8.23. The van der Waals surface area contributed by atoms with E-state index in [1.165, 1.54) is 0 Å². The van der Waals surface area contributed by atoms with Crippen molar-refractivity contribution in [3.8, 4) is 0 Å². The Balaban J connectivity index is 2.31. The van der Waals surface area contributed by atoms with Crippen molar-refractivity contribution in [3.05, 3.63) is 17.5 Å². The molecule has 0 amide bonds. The first-order valence-corrected chi connectivity index (χ1v) is 6.29. The van der Waals surface area contributed by atoms with Crippen LogP contribution in [0.2, 0.25) is 0 Å². The summed E-state index contributed by atoms with van der Waals surface area (Å²) in [6.07, 6.45) is -2.57. The fourth-order valence-corrected chi connectivity index (χ4v) is 1.62. The summed E-state index contributed by atoms with van der Waals surface area (Å²) in [5.74, 6) is 0. The van der Waals surface area contributed by atoms with Gasteiger partial charge in [-0.15, -0.1) is 0 Å². The molecule has 0 aromatic carbocycles. The Labute approximate surface area is 116 Å². The van der Waals surface area contributed by atoms with Gasteiger partial charge in [0.15, 0.2) is 0 Å². The van der Waals surface area contributed by atoms with Gasteiger partial charge in [0.25, 0.3) is 0 Å². The summed E-state index contributed by atoms with van der Waals surface area (Å²) in [5, 5.41) is 7.32. The molecule has 0 aliphatic carbocycles. The second-order valence-corrected chi connectivity index (χ2v) is 4.32. The fourth-order valence-electron chi connectivity index (χ4n) is 1.62. The van der Waals surface area contributed by atoms with E-state index in [9.17, 15) is 13.2 Å². The van der Waals surface area contributed by atoms with E-state index in [0.29, 0.717) is 19.7 Å². The van der Waals surface area contributed by atoms with Crippen LogP contribution in [-0.4, -0.2) is 49.4 Å². The Morgan fingerprint density at radius 1 is 1.35 bits per heavy atom. The van der Waals surface area contributed by atoms with Crippen LogP contribution in [0.4, 0.5) is 13.2 Å². The maximum absolute atomic E-state index is 11.9. The number of nitrogens with one attached hydrogen (secondary N) is 1. The SMILES string of the molecule is COCCNCc1cnn(CCOCC(F)(F)F)c1C. The van der Waals surface area contributed by atoms with Gasteiger partial charge in [-0.05, 0) is 6.92 Å². The molecule has 0 aliphatic rings. The third-order valence-corrected chi connectivity index (χ3v) is 2.72. The smallest absolute Gasteiger partial charge is 0.383 e. The summed E-state index contributed by atoms with van der Waals surface area (Å²) in [5.41, 5.74) is 1.93. The third-order valence-electron chi connectivity index (χ3n) is 2.72. The van der Waals surface area contributed by atoms with Gasteiger partial charge in [-0.25, -0.2) is 0 Å². The molecule has 0 fully saturated rings. The first-order chi connectivity index (χ1) is 9.44. The zero-order valence-electron chi connectivity index (χ0n) is 11.7. The van der Waals surface area contributed by atoms with Crippen LogP contribution < -0.4 is 5.32 Å². The van der Waals surface area contributed by atoms with Crippen molar-refractivity contribution >= 4 is 0 Å². The minimum atomic E-state index is -4.28. The molecule has 1 heterocycles. The van der Waals surface area contributed by atoms with Gasteiger partial charge < -0.3 is 14.8 Å². The molecule has 20 heavy (non-hydrogen) atoms. The van der Waals surface area contributed by atoms with Gasteiger partial charge in [0.2, 0.25) is 0 Å². The number of methoxy groups -OCH3 is 1. The molecule has 0 spiro atoms. The van der Waals surface area contributed by atoms with Gasteiger partial charge in [0, 0.05) is 31.5 Å². The molecule has 116 valence electrons. The van der Waals surface area contributed by atoms with Gasteiger partial charge >= 0.3 is 6.18 Å². The minimum absolute atomic E-state index is 0.0153. The number of hydrogen-bond acceptors (Lipinski definition) is 4. The summed E-state index contributed by atoms with van der Waals surface area (Å²) in [6.45, 7) is 2.95. The summed E-state index contributed by atoms with van der Waals surface area (Å²) in [4.78, 5) is 0. The first-order valence-electron chi connectivity index (χ1n) is 6.29. The Morgan fingerprint density at radius 2 is 2.10 bits per heavy atom. The highest BCUT2D eigenvalue weighted by Crippen LogP contribution is 2.14. The van der Waals surface area contributed by atoms with Crippen LogP contribution in [-0.2, 0) is 22.6 Å². The first kappa shape index (κ1) is 16.9. The average molecular weight is 295 g/mol. The number of nitrogens with zero attached hydrogens (tertiary/aromatic N) is 2. The highest BCUT2D eigenvalue weighted by atomic mass is 19.4. The summed E-state index contributed by atoms with van der Waals surface area (Å²) in [6, 6.07) is 0. The zero-order valence-corrected chi connectivity index (χ0v) is 11.7. The Hall–Kier alpha value is -1.12. The van der Waals surface area contributed by atoms with E-state index in [1.54, 1.807) is 18.0 Å². The molecular weight excluding hydrogens is 275 g/mol. The molecule has 0 saturated carbocycles. The Morgan fingerprint density at radius 3 is 2.75 bits per heavy atom. The van der Waals surface area contributed by atoms with Gasteiger partial charge in [-0.3, -0.25) is 4.68 Å². The maximum Gasteiger partial charge on any atom is 0.411 e. The predicted molar refractivity (Wildman–Crippen MR) is 67.4 cm³/mol. The molecule has 0 atom stereocenters. The van der Waals surface area contributed by atoms with Crippen molar-refractivity contribution in [1.82, 2.24) is 15.1 Å². The largest absolute Gasteiger partial charge is 0.411 e. The van der Waals surface area contributed by atoms with E-state index in [-0.39, 0.29) is 6.61 Å². The van der Waals surface area contributed by atoms with E-state index in [1.807, 2.05) is 6.92 Å². The molecule has 0 unspecified atom stereocenters. The van der Waals surface area contributed by atoms with Crippen LogP contribution >= 0.6 is 0 Å². The highest BCUT2D eigenvalue weighted by Gasteiger charge is 2.27.